The summed E-state index contributed by atoms with van der Waals surface area (Å²) in [5.74, 6) is 1.08. The summed E-state index contributed by atoms with van der Waals surface area (Å²) in [6, 6.07) is 14.6. The summed E-state index contributed by atoms with van der Waals surface area (Å²) in [6.07, 6.45) is 1.81. The zero-order valence-electron chi connectivity index (χ0n) is 17.3. The zero-order valence-corrected chi connectivity index (χ0v) is 18.0. The minimum absolute atomic E-state index is 0.0517. The van der Waals surface area contributed by atoms with Crippen molar-refractivity contribution < 1.29 is 14.3 Å². The number of aromatic nitrogens is 1. The van der Waals surface area contributed by atoms with Crippen molar-refractivity contribution in [1.29, 1.82) is 0 Å². The third kappa shape index (κ3) is 4.25. The summed E-state index contributed by atoms with van der Waals surface area (Å²) >= 11 is 6.40. The van der Waals surface area contributed by atoms with E-state index in [1.54, 1.807) is 17.0 Å². The maximum Gasteiger partial charge on any atom is 0.248 e. The van der Waals surface area contributed by atoms with E-state index >= 15 is 0 Å². The fourth-order valence-corrected chi connectivity index (χ4v) is 3.95. The van der Waals surface area contributed by atoms with Crippen LogP contribution in [0.5, 0.6) is 11.5 Å². The molecule has 6 nitrogen and oxygen atoms in total. The maximum absolute atomic E-state index is 12.7. The van der Waals surface area contributed by atoms with Gasteiger partial charge in [0.05, 0.1) is 5.02 Å². The van der Waals surface area contributed by atoms with Gasteiger partial charge in [-0.3, -0.25) is 14.5 Å². The van der Waals surface area contributed by atoms with Gasteiger partial charge in [-0.05, 0) is 54.8 Å². The predicted octanol–water partition coefficient (Wildman–Crippen LogP) is 4.76. The number of nitrogens with two attached hydrogens (primary N) is 1. The van der Waals surface area contributed by atoms with Gasteiger partial charge in [0.15, 0.2) is 0 Å². The largest absolute Gasteiger partial charge is 0.455 e. The van der Waals surface area contributed by atoms with Crippen LogP contribution < -0.4 is 15.4 Å². The number of anilines is 1. The van der Waals surface area contributed by atoms with Crippen molar-refractivity contribution in [2.75, 3.05) is 11.4 Å². The molecule has 1 aliphatic heterocycles. The van der Waals surface area contributed by atoms with Crippen LogP contribution in [0, 0.1) is 13.8 Å². The lowest BCUT2D eigenvalue weighted by Gasteiger charge is -2.17. The molecule has 0 radical (unpaired) electrons. The van der Waals surface area contributed by atoms with Gasteiger partial charge < -0.3 is 10.5 Å². The lowest BCUT2D eigenvalue weighted by molar-refractivity contribution is -0.117. The Morgan fingerprint density at radius 3 is 2.61 bits per heavy atom. The molecule has 1 saturated heterocycles. The quantitative estimate of drug-likeness (QED) is 0.625. The molecule has 7 heteroatoms. The van der Waals surface area contributed by atoms with Gasteiger partial charge in [0, 0.05) is 30.6 Å². The fraction of sp³-hybridized carbons (Fsp3) is 0.208. The Bertz CT molecular complexity index is 1160. The molecule has 0 unspecified atom stereocenters. The highest BCUT2D eigenvalue weighted by molar-refractivity contribution is 6.32. The first-order valence-corrected chi connectivity index (χ1v) is 10.3. The van der Waals surface area contributed by atoms with Gasteiger partial charge in [0.1, 0.15) is 17.3 Å². The van der Waals surface area contributed by atoms with Crippen LogP contribution >= 0.6 is 11.6 Å². The lowest BCUT2D eigenvalue weighted by Crippen LogP contribution is -2.26. The van der Waals surface area contributed by atoms with Crippen molar-refractivity contribution in [3.05, 3.63) is 82.0 Å². The van der Waals surface area contributed by atoms with Gasteiger partial charge in [0.2, 0.25) is 11.8 Å². The van der Waals surface area contributed by atoms with Gasteiger partial charge in [-0.15, -0.1) is 0 Å². The first-order chi connectivity index (χ1) is 14.8. The zero-order chi connectivity index (χ0) is 22.1. The van der Waals surface area contributed by atoms with Crippen molar-refractivity contribution >= 4 is 29.2 Å². The van der Waals surface area contributed by atoms with Crippen molar-refractivity contribution in [3.8, 4) is 11.5 Å². The van der Waals surface area contributed by atoms with Crippen molar-refractivity contribution in [1.82, 2.24) is 4.98 Å². The predicted molar refractivity (Wildman–Crippen MR) is 120 cm³/mol. The summed E-state index contributed by atoms with van der Waals surface area (Å²) < 4.78 is 6.16. The summed E-state index contributed by atoms with van der Waals surface area (Å²) in [5, 5.41) is 0.503. The maximum atomic E-state index is 12.7. The number of benzene rings is 2. The van der Waals surface area contributed by atoms with Crippen LogP contribution in [0.15, 0.2) is 54.7 Å². The second kappa shape index (κ2) is 8.40. The summed E-state index contributed by atoms with van der Waals surface area (Å²) in [5.41, 5.74) is 8.66. The monoisotopic (exact) mass is 435 g/mol. The molecule has 2 heterocycles. The highest BCUT2D eigenvalue weighted by Crippen LogP contribution is 2.38. The molecular formula is C24H22ClN3O3. The van der Waals surface area contributed by atoms with Crippen LogP contribution in [0.3, 0.4) is 0 Å². The van der Waals surface area contributed by atoms with Crippen LogP contribution in [0.4, 0.5) is 5.82 Å². The van der Waals surface area contributed by atoms with Crippen LogP contribution in [0.2, 0.25) is 5.02 Å². The van der Waals surface area contributed by atoms with Gasteiger partial charge in [-0.2, -0.15) is 0 Å². The molecule has 4 rings (SSSR count). The van der Waals surface area contributed by atoms with E-state index in [1.165, 1.54) is 12.3 Å². The number of halogens is 1. The standard InChI is InChI=1S/C24H22ClN3O3/c1-14-4-3-5-15(2)23(14)31-20-10-16(6-7-19(20)25)18-12-22(29)28(13-18)21-11-17(24(26)30)8-9-27-21/h3-11,18H,12-13H2,1-2H3,(H2,26,30)/t18-/m0/s1. The Hall–Kier alpha value is -3.38. The van der Waals surface area contributed by atoms with Crippen molar-refractivity contribution in [2.24, 2.45) is 5.73 Å². The number of pyridine rings is 1. The van der Waals surface area contributed by atoms with Gasteiger partial charge in [-0.25, -0.2) is 4.98 Å². The topological polar surface area (TPSA) is 85.5 Å². The molecule has 0 saturated carbocycles. The Labute approximate surface area is 185 Å². The van der Waals surface area contributed by atoms with Crippen LogP contribution in [-0.2, 0) is 4.79 Å². The van der Waals surface area contributed by atoms with Gasteiger partial charge >= 0.3 is 0 Å². The van der Waals surface area contributed by atoms with E-state index in [-0.39, 0.29) is 11.8 Å². The molecule has 1 aliphatic rings. The normalized spacial score (nSPS) is 15.9. The number of carbonyl (C=O) groups is 2. The Morgan fingerprint density at radius 2 is 1.90 bits per heavy atom. The molecule has 0 spiro atoms. The molecule has 0 bridgehead atoms. The minimum Gasteiger partial charge on any atom is -0.455 e. The second-order valence-electron chi connectivity index (χ2n) is 7.69. The fourth-order valence-electron chi connectivity index (χ4n) is 3.79. The molecule has 1 atom stereocenters. The number of hydrogen-bond acceptors (Lipinski definition) is 4. The van der Waals surface area contributed by atoms with Crippen molar-refractivity contribution in [2.45, 2.75) is 26.2 Å². The Morgan fingerprint density at radius 1 is 1.16 bits per heavy atom. The van der Waals surface area contributed by atoms with Gasteiger partial charge in [0.25, 0.3) is 0 Å². The Kier molecular flexibility index (Phi) is 5.65. The van der Waals surface area contributed by atoms with Crippen molar-refractivity contribution in [3.63, 3.8) is 0 Å². The lowest BCUT2D eigenvalue weighted by atomic mass is 9.98. The number of nitrogens with zero attached hydrogens (tertiary/aromatic N) is 2. The molecule has 2 amide bonds. The third-order valence-electron chi connectivity index (χ3n) is 5.48. The molecule has 2 aromatic carbocycles. The molecular weight excluding hydrogens is 414 g/mol. The van der Waals surface area contributed by atoms with E-state index < -0.39 is 5.91 Å². The Balaban J connectivity index is 1.59. The van der Waals surface area contributed by atoms with E-state index in [1.807, 2.05) is 44.2 Å². The number of para-hydroxylation sites is 1. The third-order valence-corrected chi connectivity index (χ3v) is 5.79. The highest BCUT2D eigenvalue weighted by Gasteiger charge is 2.33. The molecule has 158 valence electrons. The van der Waals surface area contributed by atoms with E-state index in [4.69, 9.17) is 22.1 Å². The summed E-state index contributed by atoms with van der Waals surface area (Å²) in [7, 11) is 0. The number of primary amides is 1. The molecule has 31 heavy (non-hydrogen) atoms. The molecule has 1 fully saturated rings. The number of aryl methyl sites for hydroxylation is 2. The smallest absolute Gasteiger partial charge is 0.248 e. The molecule has 0 aliphatic carbocycles. The minimum atomic E-state index is -0.558. The van der Waals surface area contributed by atoms with Crippen LogP contribution in [0.25, 0.3) is 0 Å². The van der Waals surface area contributed by atoms with E-state index in [2.05, 4.69) is 4.98 Å². The molecule has 1 aromatic heterocycles. The molecule has 3 aromatic rings. The van der Waals surface area contributed by atoms with E-state index in [0.717, 1.165) is 22.4 Å². The number of amides is 2. The number of ether oxygens (including phenoxy) is 1. The average Bonchev–Trinajstić information content (AvgIpc) is 3.14. The SMILES string of the molecule is Cc1cccc(C)c1Oc1cc([C@H]2CC(=O)N(c3cc(C(N)=O)ccn3)C2)ccc1Cl. The second-order valence-corrected chi connectivity index (χ2v) is 8.09. The van der Waals surface area contributed by atoms with Crippen LogP contribution in [-0.4, -0.2) is 23.3 Å². The van der Waals surface area contributed by atoms with E-state index in [9.17, 15) is 9.59 Å². The molecule has 2 N–H and O–H groups in total. The first kappa shape index (κ1) is 20.9. The number of carbonyl (C=O) groups excluding carboxylic acids is 2. The number of rotatable bonds is 5. The first-order valence-electron chi connectivity index (χ1n) is 9.93. The average molecular weight is 436 g/mol. The summed E-state index contributed by atoms with van der Waals surface area (Å²) in [6.45, 7) is 4.42. The number of hydrogen-bond donors (Lipinski definition) is 1. The van der Waals surface area contributed by atoms with Crippen LogP contribution in [0.1, 0.15) is 39.4 Å². The summed E-state index contributed by atoms with van der Waals surface area (Å²) in [4.78, 5) is 30.0. The highest BCUT2D eigenvalue weighted by atomic mass is 35.5. The van der Waals surface area contributed by atoms with E-state index in [0.29, 0.717) is 35.1 Å². The van der Waals surface area contributed by atoms with Gasteiger partial charge in [-0.1, -0.05) is 35.9 Å².